The molecule has 0 saturated carbocycles. The van der Waals surface area contributed by atoms with Crippen LogP contribution in [0.1, 0.15) is 32.3 Å². The summed E-state index contributed by atoms with van der Waals surface area (Å²) in [7, 11) is -0.445. The van der Waals surface area contributed by atoms with E-state index in [2.05, 4.69) is 10.0 Å². The molecule has 0 amide bonds. The molecule has 0 unspecified atom stereocenters. The highest BCUT2D eigenvalue weighted by molar-refractivity contribution is 7.89. The van der Waals surface area contributed by atoms with Gasteiger partial charge in [-0.25, -0.2) is 13.1 Å². The van der Waals surface area contributed by atoms with E-state index in [1.54, 1.807) is 13.1 Å². The van der Waals surface area contributed by atoms with E-state index >= 15 is 0 Å². The molecule has 0 atom stereocenters. The van der Waals surface area contributed by atoms with E-state index in [4.69, 9.17) is 16.3 Å². The van der Waals surface area contributed by atoms with Crippen molar-refractivity contribution in [2.45, 2.75) is 44.2 Å². The zero-order chi connectivity index (χ0) is 16.0. The van der Waals surface area contributed by atoms with Crippen LogP contribution < -0.4 is 14.8 Å². The predicted octanol–water partition coefficient (Wildman–Crippen LogP) is 2.53. The lowest BCUT2D eigenvalue weighted by Crippen LogP contribution is -2.34. The van der Waals surface area contributed by atoms with Crippen molar-refractivity contribution >= 4 is 21.6 Å². The summed E-state index contributed by atoms with van der Waals surface area (Å²) in [5, 5.41) is 3.34. The fourth-order valence-corrected chi connectivity index (χ4v) is 4.06. The summed E-state index contributed by atoms with van der Waals surface area (Å²) >= 11 is 6.05. The third kappa shape index (κ3) is 4.57. The lowest BCUT2D eigenvalue weighted by Gasteiger charge is -2.18. The molecule has 0 aliphatic carbocycles. The first-order chi connectivity index (χ1) is 9.89. The number of hydrogen-bond acceptors (Lipinski definition) is 4. The molecule has 1 rings (SSSR count). The standard InChI is InChI=1S/C14H23ClN2O3S/c1-5-12(6-2)17-21(18,19)13-8-11(15)7-10(9-16-3)14(13)20-4/h7-8,12,16-17H,5-6,9H2,1-4H3. The van der Waals surface area contributed by atoms with Gasteiger partial charge in [0.2, 0.25) is 10.0 Å². The summed E-state index contributed by atoms with van der Waals surface area (Å²) in [6, 6.07) is 3.02. The molecular weight excluding hydrogens is 312 g/mol. The average molecular weight is 335 g/mol. The Morgan fingerprint density at radius 2 is 1.90 bits per heavy atom. The smallest absolute Gasteiger partial charge is 0.244 e. The Bertz CT molecular complexity index is 572. The topological polar surface area (TPSA) is 67.4 Å². The third-order valence-corrected chi connectivity index (χ3v) is 5.01. The van der Waals surface area contributed by atoms with Gasteiger partial charge in [-0.1, -0.05) is 25.4 Å². The fraction of sp³-hybridized carbons (Fsp3) is 0.571. The van der Waals surface area contributed by atoms with Crippen LogP contribution in [0.25, 0.3) is 0 Å². The zero-order valence-electron chi connectivity index (χ0n) is 12.9. The second kappa shape index (κ2) is 7.98. The van der Waals surface area contributed by atoms with Crippen molar-refractivity contribution in [1.29, 1.82) is 0 Å². The molecule has 0 spiro atoms. The minimum absolute atomic E-state index is 0.0784. The van der Waals surface area contributed by atoms with Crippen molar-refractivity contribution < 1.29 is 13.2 Å². The molecular formula is C14H23ClN2O3S. The lowest BCUT2D eigenvalue weighted by atomic mass is 10.2. The van der Waals surface area contributed by atoms with Gasteiger partial charge in [0, 0.05) is 23.2 Å². The SMILES string of the molecule is CCC(CC)NS(=O)(=O)c1cc(Cl)cc(CNC)c1OC. The molecule has 0 radical (unpaired) electrons. The summed E-state index contributed by atoms with van der Waals surface area (Å²) in [6.45, 7) is 4.36. The van der Waals surface area contributed by atoms with Gasteiger partial charge in [-0.2, -0.15) is 0 Å². The highest BCUT2D eigenvalue weighted by atomic mass is 35.5. The first-order valence-electron chi connectivity index (χ1n) is 6.92. The number of nitrogens with one attached hydrogen (secondary N) is 2. The number of ether oxygens (including phenoxy) is 1. The Morgan fingerprint density at radius 1 is 1.29 bits per heavy atom. The minimum atomic E-state index is -3.68. The number of hydrogen-bond donors (Lipinski definition) is 2. The van der Waals surface area contributed by atoms with Gasteiger partial charge in [0.05, 0.1) is 7.11 Å². The molecule has 0 heterocycles. The van der Waals surface area contributed by atoms with E-state index < -0.39 is 10.0 Å². The molecule has 120 valence electrons. The second-order valence-corrected chi connectivity index (χ2v) is 6.88. The Hall–Kier alpha value is -0.820. The lowest BCUT2D eigenvalue weighted by molar-refractivity contribution is 0.395. The van der Waals surface area contributed by atoms with Gasteiger partial charge in [-0.15, -0.1) is 0 Å². The number of methoxy groups -OCH3 is 1. The largest absolute Gasteiger partial charge is 0.495 e. The van der Waals surface area contributed by atoms with E-state index in [9.17, 15) is 8.42 Å². The van der Waals surface area contributed by atoms with Gasteiger partial charge in [-0.3, -0.25) is 0 Å². The van der Waals surface area contributed by atoms with Crippen molar-refractivity contribution in [3.05, 3.63) is 22.7 Å². The molecule has 2 N–H and O–H groups in total. The minimum Gasteiger partial charge on any atom is -0.495 e. The molecule has 0 bridgehead atoms. The highest BCUT2D eigenvalue weighted by Crippen LogP contribution is 2.32. The molecule has 5 nitrogen and oxygen atoms in total. The molecule has 7 heteroatoms. The summed E-state index contributed by atoms with van der Waals surface area (Å²) in [5.41, 5.74) is 0.706. The number of halogens is 1. The number of rotatable bonds is 8. The summed E-state index contributed by atoms with van der Waals surface area (Å²) in [6.07, 6.45) is 1.45. The Balaban J connectivity index is 3.33. The molecule has 1 aromatic rings. The van der Waals surface area contributed by atoms with Crippen LogP contribution in [0.2, 0.25) is 5.02 Å². The first kappa shape index (κ1) is 18.2. The number of sulfonamides is 1. The van der Waals surface area contributed by atoms with E-state index in [1.165, 1.54) is 13.2 Å². The van der Waals surface area contributed by atoms with E-state index in [-0.39, 0.29) is 10.9 Å². The van der Waals surface area contributed by atoms with Crippen LogP contribution in [0.15, 0.2) is 17.0 Å². The van der Waals surface area contributed by atoms with Gasteiger partial charge >= 0.3 is 0 Å². The van der Waals surface area contributed by atoms with Crippen LogP contribution >= 0.6 is 11.6 Å². The van der Waals surface area contributed by atoms with Crippen LogP contribution in [0.4, 0.5) is 0 Å². The quantitative estimate of drug-likeness (QED) is 0.766. The second-order valence-electron chi connectivity index (χ2n) is 4.76. The average Bonchev–Trinajstić information content (AvgIpc) is 2.44. The van der Waals surface area contributed by atoms with Crippen molar-refractivity contribution in [2.24, 2.45) is 0 Å². The van der Waals surface area contributed by atoms with Crippen LogP contribution in [0.5, 0.6) is 5.75 Å². The highest BCUT2D eigenvalue weighted by Gasteiger charge is 2.24. The molecule has 0 aromatic heterocycles. The van der Waals surface area contributed by atoms with Gasteiger partial charge < -0.3 is 10.1 Å². The van der Waals surface area contributed by atoms with Gasteiger partial charge in [0.25, 0.3) is 0 Å². The summed E-state index contributed by atoms with van der Waals surface area (Å²) in [5.74, 6) is 0.326. The zero-order valence-corrected chi connectivity index (χ0v) is 14.4. The van der Waals surface area contributed by atoms with Crippen molar-refractivity contribution in [3.8, 4) is 5.75 Å². The van der Waals surface area contributed by atoms with E-state index in [0.29, 0.717) is 22.9 Å². The predicted molar refractivity (Wildman–Crippen MR) is 85.5 cm³/mol. The monoisotopic (exact) mass is 334 g/mol. The molecule has 0 aliphatic heterocycles. The van der Waals surface area contributed by atoms with Gasteiger partial charge in [-0.05, 0) is 32.0 Å². The van der Waals surface area contributed by atoms with Crippen LogP contribution in [0, 0.1) is 0 Å². The van der Waals surface area contributed by atoms with E-state index in [0.717, 1.165) is 12.8 Å². The Morgan fingerprint density at radius 3 is 2.38 bits per heavy atom. The Kier molecular flexibility index (Phi) is 6.93. The van der Waals surface area contributed by atoms with Crippen LogP contribution in [-0.4, -0.2) is 28.6 Å². The van der Waals surface area contributed by atoms with Gasteiger partial charge in [0.15, 0.2) is 0 Å². The molecule has 21 heavy (non-hydrogen) atoms. The molecule has 0 saturated heterocycles. The van der Waals surface area contributed by atoms with Crippen molar-refractivity contribution in [3.63, 3.8) is 0 Å². The normalized spacial score (nSPS) is 11.9. The van der Waals surface area contributed by atoms with Crippen molar-refractivity contribution in [1.82, 2.24) is 10.0 Å². The molecule has 0 fully saturated rings. The van der Waals surface area contributed by atoms with Gasteiger partial charge in [0.1, 0.15) is 10.6 Å². The fourth-order valence-electron chi connectivity index (χ4n) is 2.11. The van der Waals surface area contributed by atoms with Crippen LogP contribution in [0.3, 0.4) is 0 Å². The van der Waals surface area contributed by atoms with E-state index in [1.807, 2.05) is 13.8 Å². The molecule has 1 aromatic carbocycles. The van der Waals surface area contributed by atoms with Crippen LogP contribution in [-0.2, 0) is 16.6 Å². The molecule has 0 aliphatic rings. The Labute approximate surface area is 132 Å². The maximum Gasteiger partial charge on any atom is 0.244 e. The summed E-state index contributed by atoms with van der Waals surface area (Å²) < 4.78 is 33.2. The summed E-state index contributed by atoms with van der Waals surface area (Å²) in [4.78, 5) is 0.0784. The first-order valence-corrected chi connectivity index (χ1v) is 8.79. The third-order valence-electron chi connectivity index (χ3n) is 3.26. The van der Waals surface area contributed by atoms with Crippen molar-refractivity contribution in [2.75, 3.05) is 14.2 Å². The number of benzene rings is 1. The maximum atomic E-state index is 12.6. The maximum absolute atomic E-state index is 12.6.